The summed E-state index contributed by atoms with van der Waals surface area (Å²) < 4.78 is 0. The second-order valence-corrected chi connectivity index (χ2v) is 5.63. The molecule has 1 aromatic heterocycles. The number of nitrogens with zero attached hydrogens (tertiary/aromatic N) is 2. The highest BCUT2D eigenvalue weighted by atomic mass is 15.1. The zero-order chi connectivity index (χ0) is 13.8. The molecule has 3 rings (SSSR count). The minimum Gasteiger partial charge on any atom is -0.382 e. The lowest BCUT2D eigenvalue weighted by molar-refractivity contribution is 0.348. The van der Waals surface area contributed by atoms with Crippen molar-refractivity contribution >= 4 is 5.69 Å². The number of hydrogen-bond donors (Lipinski definition) is 2. The SMILES string of the molecule is CN1CCCC(Nc2cccc(-c3ccn[nH]3)c2)CC1. The van der Waals surface area contributed by atoms with Crippen molar-refractivity contribution in [1.82, 2.24) is 15.1 Å². The van der Waals surface area contributed by atoms with Crippen molar-refractivity contribution in [2.75, 3.05) is 25.5 Å². The highest BCUT2D eigenvalue weighted by Gasteiger charge is 2.14. The first kappa shape index (κ1) is 13.2. The number of rotatable bonds is 3. The van der Waals surface area contributed by atoms with Crippen molar-refractivity contribution in [2.24, 2.45) is 0 Å². The molecule has 2 aromatic rings. The Hall–Kier alpha value is -1.81. The van der Waals surface area contributed by atoms with Crippen LogP contribution in [0.2, 0.25) is 0 Å². The molecule has 1 aliphatic rings. The van der Waals surface area contributed by atoms with Gasteiger partial charge in [0.15, 0.2) is 0 Å². The summed E-state index contributed by atoms with van der Waals surface area (Å²) in [4.78, 5) is 2.42. The predicted molar refractivity (Wildman–Crippen MR) is 82.8 cm³/mol. The number of aromatic amines is 1. The quantitative estimate of drug-likeness (QED) is 0.901. The van der Waals surface area contributed by atoms with E-state index >= 15 is 0 Å². The molecule has 1 atom stereocenters. The fourth-order valence-corrected chi connectivity index (χ4v) is 2.81. The summed E-state index contributed by atoms with van der Waals surface area (Å²) in [6.45, 7) is 2.39. The summed E-state index contributed by atoms with van der Waals surface area (Å²) in [7, 11) is 2.21. The fourth-order valence-electron chi connectivity index (χ4n) is 2.81. The highest BCUT2D eigenvalue weighted by molar-refractivity contribution is 5.64. The summed E-state index contributed by atoms with van der Waals surface area (Å²) in [5.74, 6) is 0. The van der Waals surface area contributed by atoms with E-state index in [0.29, 0.717) is 6.04 Å². The summed E-state index contributed by atoms with van der Waals surface area (Å²) in [6, 6.07) is 11.1. The number of hydrogen-bond acceptors (Lipinski definition) is 3. The molecular formula is C16H22N4. The number of aromatic nitrogens is 2. The van der Waals surface area contributed by atoms with Gasteiger partial charge in [0.2, 0.25) is 0 Å². The molecule has 1 fully saturated rings. The molecule has 0 amide bonds. The van der Waals surface area contributed by atoms with Crippen LogP contribution in [-0.4, -0.2) is 41.3 Å². The van der Waals surface area contributed by atoms with Crippen LogP contribution >= 0.6 is 0 Å². The third-order valence-electron chi connectivity index (χ3n) is 4.00. The van der Waals surface area contributed by atoms with Crippen LogP contribution in [0, 0.1) is 0 Å². The van der Waals surface area contributed by atoms with Gasteiger partial charge in [-0.2, -0.15) is 5.10 Å². The standard InChI is InChI=1S/C16H22N4/c1-20-10-3-6-14(8-11-20)18-15-5-2-4-13(12-15)16-7-9-17-19-16/h2,4-5,7,9,12,14,18H,3,6,8,10-11H2,1H3,(H,17,19). The van der Waals surface area contributed by atoms with Crippen LogP contribution in [0.15, 0.2) is 36.5 Å². The van der Waals surface area contributed by atoms with Gasteiger partial charge in [0, 0.05) is 23.5 Å². The summed E-state index contributed by atoms with van der Waals surface area (Å²) in [6.07, 6.45) is 5.52. The van der Waals surface area contributed by atoms with E-state index in [9.17, 15) is 0 Å². The van der Waals surface area contributed by atoms with Crippen molar-refractivity contribution in [3.05, 3.63) is 36.5 Å². The predicted octanol–water partition coefficient (Wildman–Crippen LogP) is 2.97. The van der Waals surface area contributed by atoms with Gasteiger partial charge in [-0.3, -0.25) is 5.10 Å². The number of likely N-dealkylation sites (tertiary alicyclic amines) is 1. The van der Waals surface area contributed by atoms with E-state index in [2.05, 4.69) is 51.7 Å². The highest BCUT2D eigenvalue weighted by Crippen LogP contribution is 2.22. The monoisotopic (exact) mass is 270 g/mol. The molecule has 1 aliphatic heterocycles. The Bertz CT molecular complexity index is 535. The molecule has 0 bridgehead atoms. The van der Waals surface area contributed by atoms with Crippen LogP contribution in [0.3, 0.4) is 0 Å². The van der Waals surface area contributed by atoms with Crippen LogP contribution < -0.4 is 5.32 Å². The van der Waals surface area contributed by atoms with Crippen molar-refractivity contribution in [3.63, 3.8) is 0 Å². The summed E-state index contributed by atoms with van der Waals surface area (Å²) >= 11 is 0. The van der Waals surface area contributed by atoms with Crippen LogP contribution in [0.5, 0.6) is 0 Å². The second kappa shape index (κ2) is 6.09. The number of H-pyrrole nitrogens is 1. The normalized spacial score (nSPS) is 20.6. The Balaban J connectivity index is 1.70. The Morgan fingerprint density at radius 3 is 3.05 bits per heavy atom. The largest absolute Gasteiger partial charge is 0.382 e. The molecule has 0 spiro atoms. The van der Waals surface area contributed by atoms with Gasteiger partial charge in [-0.05, 0) is 57.6 Å². The average molecular weight is 270 g/mol. The minimum absolute atomic E-state index is 0.581. The first-order chi connectivity index (χ1) is 9.81. The maximum absolute atomic E-state index is 4.01. The van der Waals surface area contributed by atoms with E-state index in [0.717, 1.165) is 5.69 Å². The molecule has 20 heavy (non-hydrogen) atoms. The summed E-state index contributed by atoms with van der Waals surface area (Å²) in [5, 5.41) is 10.7. The fraction of sp³-hybridized carbons (Fsp3) is 0.438. The molecule has 2 N–H and O–H groups in total. The van der Waals surface area contributed by atoms with Crippen LogP contribution in [-0.2, 0) is 0 Å². The molecule has 0 radical (unpaired) electrons. The molecule has 2 heterocycles. The van der Waals surface area contributed by atoms with E-state index < -0.39 is 0 Å². The summed E-state index contributed by atoms with van der Waals surface area (Å²) in [5.41, 5.74) is 3.44. The van der Waals surface area contributed by atoms with Gasteiger partial charge in [0.05, 0.1) is 5.69 Å². The van der Waals surface area contributed by atoms with E-state index in [1.807, 2.05) is 6.07 Å². The maximum atomic E-state index is 4.01. The lowest BCUT2D eigenvalue weighted by Crippen LogP contribution is -2.22. The third kappa shape index (κ3) is 3.20. The van der Waals surface area contributed by atoms with Gasteiger partial charge in [-0.15, -0.1) is 0 Å². The van der Waals surface area contributed by atoms with Crippen molar-refractivity contribution in [1.29, 1.82) is 0 Å². The lowest BCUT2D eigenvalue weighted by atomic mass is 10.1. The van der Waals surface area contributed by atoms with Crippen molar-refractivity contribution < 1.29 is 0 Å². The zero-order valence-electron chi connectivity index (χ0n) is 12.0. The topological polar surface area (TPSA) is 44.0 Å². The number of anilines is 1. The van der Waals surface area contributed by atoms with Crippen molar-refractivity contribution in [2.45, 2.75) is 25.3 Å². The van der Waals surface area contributed by atoms with E-state index in [1.54, 1.807) is 6.20 Å². The molecule has 0 aliphatic carbocycles. The van der Waals surface area contributed by atoms with Crippen LogP contribution in [0.25, 0.3) is 11.3 Å². The molecule has 1 saturated heterocycles. The van der Waals surface area contributed by atoms with Gasteiger partial charge in [0.1, 0.15) is 0 Å². The van der Waals surface area contributed by atoms with Crippen molar-refractivity contribution in [3.8, 4) is 11.3 Å². The van der Waals surface area contributed by atoms with E-state index in [4.69, 9.17) is 0 Å². The first-order valence-corrected chi connectivity index (χ1v) is 7.36. The maximum Gasteiger partial charge on any atom is 0.0650 e. The second-order valence-electron chi connectivity index (χ2n) is 5.63. The van der Waals surface area contributed by atoms with Crippen LogP contribution in [0.1, 0.15) is 19.3 Å². The van der Waals surface area contributed by atoms with Gasteiger partial charge in [-0.25, -0.2) is 0 Å². The van der Waals surface area contributed by atoms with Crippen LogP contribution in [0.4, 0.5) is 5.69 Å². The number of nitrogens with one attached hydrogen (secondary N) is 2. The third-order valence-corrected chi connectivity index (χ3v) is 4.00. The molecule has 1 aromatic carbocycles. The first-order valence-electron chi connectivity index (χ1n) is 7.36. The lowest BCUT2D eigenvalue weighted by Gasteiger charge is -2.18. The average Bonchev–Trinajstić information content (AvgIpc) is 2.92. The molecule has 4 heteroatoms. The molecular weight excluding hydrogens is 248 g/mol. The van der Waals surface area contributed by atoms with E-state index in [1.165, 1.54) is 43.6 Å². The van der Waals surface area contributed by atoms with Gasteiger partial charge in [-0.1, -0.05) is 12.1 Å². The molecule has 0 saturated carbocycles. The smallest absolute Gasteiger partial charge is 0.0650 e. The van der Waals surface area contributed by atoms with Gasteiger partial charge in [0.25, 0.3) is 0 Å². The van der Waals surface area contributed by atoms with Gasteiger partial charge >= 0.3 is 0 Å². The molecule has 4 nitrogen and oxygen atoms in total. The zero-order valence-corrected chi connectivity index (χ0v) is 12.0. The van der Waals surface area contributed by atoms with Gasteiger partial charge < -0.3 is 10.2 Å². The minimum atomic E-state index is 0.581. The Morgan fingerprint density at radius 2 is 2.20 bits per heavy atom. The Morgan fingerprint density at radius 1 is 1.25 bits per heavy atom. The Labute approximate surface area is 120 Å². The van der Waals surface area contributed by atoms with E-state index in [-0.39, 0.29) is 0 Å². The Kier molecular flexibility index (Phi) is 4.02. The molecule has 1 unspecified atom stereocenters. The molecule has 106 valence electrons. The number of benzene rings is 1.